The Kier molecular flexibility index (Phi) is 3.60. The van der Waals surface area contributed by atoms with E-state index in [4.69, 9.17) is 5.73 Å². The highest BCUT2D eigenvalue weighted by Gasteiger charge is 2.15. The summed E-state index contributed by atoms with van der Waals surface area (Å²) in [5, 5.41) is 1.73. The molecule has 3 N–H and O–H groups in total. The largest absolute Gasteiger partial charge is 0.396 e. The summed E-state index contributed by atoms with van der Waals surface area (Å²) in [6.07, 6.45) is 0. The first-order chi connectivity index (χ1) is 8.49. The molecule has 1 aromatic heterocycles. The van der Waals surface area contributed by atoms with Crippen LogP contribution in [0.25, 0.3) is 0 Å². The molecule has 96 valence electrons. The van der Waals surface area contributed by atoms with Crippen molar-refractivity contribution in [2.45, 2.75) is 11.4 Å². The number of halogens is 1. The second kappa shape index (κ2) is 5.01. The molecule has 1 aromatic carbocycles. The molecule has 0 unspecified atom stereocenters. The number of hydrogen-bond donors (Lipinski definition) is 2. The van der Waals surface area contributed by atoms with Gasteiger partial charge in [-0.1, -0.05) is 0 Å². The summed E-state index contributed by atoms with van der Waals surface area (Å²) < 4.78 is 39.2. The molecule has 0 aliphatic heterocycles. The number of nitrogen functional groups attached to an aromatic ring is 1. The molecule has 0 bridgehead atoms. The molecule has 1 heterocycles. The highest BCUT2D eigenvalue weighted by Crippen LogP contribution is 2.16. The summed E-state index contributed by atoms with van der Waals surface area (Å²) in [6.45, 7) is 0.0673. The van der Waals surface area contributed by atoms with Crippen LogP contribution in [-0.2, 0) is 16.6 Å². The van der Waals surface area contributed by atoms with Crippen molar-refractivity contribution in [1.82, 2.24) is 9.71 Å². The fourth-order valence-corrected chi connectivity index (χ4v) is 2.82. The van der Waals surface area contributed by atoms with E-state index >= 15 is 0 Å². The van der Waals surface area contributed by atoms with Crippen LogP contribution < -0.4 is 10.5 Å². The SMILES string of the molecule is Nc1ccc(S(=O)(=O)NCc2cscn2)cc1F. The predicted molar refractivity (Wildman–Crippen MR) is 67.0 cm³/mol. The lowest BCUT2D eigenvalue weighted by Gasteiger charge is -2.06. The molecule has 0 amide bonds. The number of hydrogen-bond acceptors (Lipinski definition) is 5. The molecular formula is C10H10FN3O2S2. The van der Waals surface area contributed by atoms with Crippen molar-refractivity contribution in [3.63, 3.8) is 0 Å². The highest BCUT2D eigenvalue weighted by molar-refractivity contribution is 7.89. The Morgan fingerprint density at radius 1 is 1.44 bits per heavy atom. The van der Waals surface area contributed by atoms with Gasteiger partial charge >= 0.3 is 0 Å². The van der Waals surface area contributed by atoms with E-state index in [1.165, 1.54) is 23.5 Å². The Hall–Kier alpha value is -1.51. The minimum absolute atomic E-state index is 0.0673. The van der Waals surface area contributed by atoms with Gasteiger partial charge in [0.15, 0.2) is 0 Å². The molecule has 8 heteroatoms. The molecule has 0 aliphatic rings. The average molecular weight is 287 g/mol. The van der Waals surface area contributed by atoms with E-state index in [2.05, 4.69) is 9.71 Å². The minimum atomic E-state index is -3.76. The maximum atomic E-state index is 13.2. The number of sulfonamides is 1. The zero-order valence-corrected chi connectivity index (χ0v) is 10.8. The Bertz CT molecular complexity index is 641. The van der Waals surface area contributed by atoms with Crippen LogP contribution in [0.4, 0.5) is 10.1 Å². The maximum absolute atomic E-state index is 13.2. The van der Waals surface area contributed by atoms with Gasteiger partial charge in [-0.3, -0.25) is 0 Å². The quantitative estimate of drug-likeness (QED) is 0.831. The number of nitrogens with one attached hydrogen (secondary N) is 1. The Morgan fingerprint density at radius 2 is 2.22 bits per heavy atom. The lowest BCUT2D eigenvalue weighted by molar-refractivity contribution is 0.577. The topological polar surface area (TPSA) is 85.1 Å². The van der Waals surface area contributed by atoms with Gasteiger partial charge in [0.05, 0.1) is 28.3 Å². The lowest BCUT2D eigenvalue weighted by atomic mass is 10.3. The van der Waals surface area contributed by atoms with Crippen molar-refractivity contribution in [2.75, 3.05) is 5.73 Å². The van der Waals surface area contributed by atoms with E-state index in [9.17, 15) is 12.8 Å². The second-order valence-corrected chi connectivity index (χ2v) is 5.97. The zero-order valence-electron chi connectivity index (χ0n) is 9.13. The minimum Gasteiger partial charge on any atom is -0.396 e. The van der Waals surface area contributed by atoms with Crippen molar-refractivity contribution in [3.8, 4) is 0 Å². The molecule has 0 radical (unpaired) electrons. The smallest absolute Gasteiger partial charge is 0.241 e. The molecule has 0 spiro atoms. The van der Waals surface area contributed by atoms with Gasteiger partial charge in [0.2, 0.25) is 10.0 Å². The van der Waals surface area contributed by atoms with Crippen molar-refractivity contribution < 1.29 is 12.8 Å². The third-order valence-electron chi connectivity index (χ3n) is 2.21. The standard InChI is InChI=1S/C10H10FN3O2S2/c11-9-3-8(1-2-10(9)12)18(15,16)14-4-7-5-17-6-13-7/h1-3,5-6,14H,4,12H2. The van der Waals surface area contributed by atoms with Gasteiger partial charge in [-0.2, -0.15) is 0 Å². The second-order valence-electron chi connectivity index (χ2n) is 3.49. The van der Waals surface area contributed by atoms with Crippen LogP contribution in [0, 0.1) is 5.82 Å². The monoisotopic (exact) mass is 287 g/mol. The van der Waals surface area contributed by atoms with Crippen LogP contribution in [0.1, 0.15) is 5.69 Å². The Balaban J connectivity index is 2.17. The number of rotatable bonds is 4. The Labute approximate surface area is 108 Å². The zero-order chi connectivity index (χ0) is 13.2. The van der Waals surface area contributed by atoms with Crippen molar-refractivity contribution in [3.05, 3.63) is 40.6 Å². The molecular weight excluding hydrogens is 277 g/mol. The van der Waals surface area contributed by atoms with Gasteiger partial charge in [-0.15, -0.1) is 11.3 Å². The summed E-state index contributed by atoms with van der Waals surface area (Å²) in [7, 11) is -3.76. The van der Waals surface area contributed by atoms with Gasteiger partial charge in [0, 0.05) is 5.38 Å². The molecule has 0 saturated carbocycles. The van der Waals surface area contributed by atoms with Crippen LogP contribution >= 0.6 is 11.3 Å². The maximum Gasteiger partial charge on any atom is 0.241 e. The van der Waals surface area contributed by atoms with Crippen molar-refractivity contribution in [1.29, 1.82) is 0 Å². The average Bonchev–Trinajstić information content (AvgIpc) is 2.83. The van der Waals surface area contributed by atoms with E-state index in [-0.39, 0.29) is 17.1 Å². The normalized spacial score (nSPS) is 11.6. The van der Waals surface area contributed by atoms with Gasteiger partial charge < -0.3 is 5.73 Å². The van der Waals surface area contributed by atoms with E-state index < -0.39 is 15.8 Å². The number of nitrogens with two attached hydrogens (primary N) is 1. The molecule has 5 nitrogen and oxygen atoms in total. The number of nitrogens with zero attached hydrogens (tertiary/aromatic N) is 1. The van der Waals surface area contributed by atoms with Crippen LogP contribution in [0.2, 0.25) is 0 Å². The first-order valence-corrected chi connectivity index (χ1v) is 7.33. The van der Waals surface area contributed by atoms with Gasteiger partial charge in [0.1, 0.15) is 5.82 Å². The van der Waals surface area contributed by atoms with Crippen LogP contribution in [-0.4, -0.2) is 13.4 Å². The van der Waals surface area contributed by atoms with E-state index in [0.29, 0.717) is 5.69 Å². The van der Waals surface area contributed by atoms with Crippen LogP contribution in [0.15, 0.2) is 34.0 Å². The highest BCUT2D eigenvalue weighted by atomic mass is 32.2. The van der Waals surface area contributed by atoms with Gasteiger partial charge in [-0.05, 0) is 18.2 Å². The fourth-order valence-electron chi connectivity index (χ4n) is 1.25. The molecule has 2 aromatic rings. The number of anilines is 1. The van der Waals surface area contributed by atoms with Crippen LogP contribution in [0.3, 0.4) is 0 Å². The molecule has 18 heavy (non-hydrogen) atoms. The molecule has 0 atom stereocenters. The molecule has 2 rings (SSSR count). The molecule has 0 aliphatic carbocycles. The summed E-state index contributed by atoms with van der Waals surface area (Å²) in [4.78, 5) is 3.78. The van der Waals surface area contributed by atoms with E-state index in [1.807, 2.05) is 0 Å². The van der Waals surface area contributed by atoms with Crippen LogP contribution in [0.5, 0.6) is 0 Å². The number of thiazole rings is 1. The van der Waals surface area contributed by atoms with Gasteiger partial charge in [-0.25, -0.2) is 22.5 Å². The van der Waals surface area contributed by atoms with Gasteiger partial charge in [0.25, 0.3) is 0 Å². The predicted octanol–water partition coefficient (Wildman–Crippen LogP) is 1.34. The summed E-state index contributed by atoms with van der Waals surface area (Å²) >= 11 is 1.37. The summed E-state index contributed by atoms with van der Waals surface area (Å²) in [6, 6.07) is 3.35. The number of benzene rings is 1. The molecule has 0 saturated heterocycles. The fraction of sp³-hybridized carbons (Fsp3) is 0.100. The summed E-state index contributed by atoms with van der Waals surface area (Å²) in [5.74, 6) is -0.758. The summed E-state index contributed by atoms with van der Waals surface area (Å²) in [5.41, 5.74) is 7.41. The Morgan fingerprint density at radius 3 is 2.83 bits per heavy atom. The third kappa shape index (κ3) is 2.84. The number of aromatic nitrogens is 1. The first-order valence-electron chi connectivity index (χ1n) is 4.91. The lowest BCUT2D eigenvalue weighted by Crippen LogP contribution is -2.23. The third-order valence-corrected chi connectivity index (χ3v) is 4.24. The van der Waals surface area contributed by atoms with Crippen molar-refractivity contribution in [2.24, 2.45) is 0 Å². The van der Waals surface area contributed by atoms with E-state index in [0.717, 1.165) is 6.07 Å². The van der Waals surface area contributed by atoms with E-state index in [1.54, 1.807) is 10.9 Å². The first kappa shape index (κ1) is 12.9. The van der Waals surface area contributed by atoms with Crippen molar-refractivity contribution >= 4 is 27.0 Å². The molecule has 0 fully saturated rings.